The van der Waals surface area contributed by atoms with E-state index in [-0.39, 0.29) is 0 Å². The van der Waals surface area contributed by atoms with Gasteiger partial charge in [-0.3, -0.25) is 4.57 Å². The van der Waals surface area contributed by atoms with Crippen LogP contribution in [0.25, 0.3) is 59.1 Å². The second-order valence-electron chi connectivity index (χ2n) is 14.3. The van der Waals surface area contributed by atoms with Crippen LogP contribution >= 0.6 is 11.3 Å². The Bertz CT molecular complexity index is 3020. The fourth-order valence-corrected chi connectivity index (χ4v) is 14.6. The summed E-state index contributed by atoms with van der Waals surface area (Å²) in [5, 5.41) is 8.05. The number of aromatic nitrogens is 2. The molecular weight excluding hydrogens is 705 g/mol. The molecule has 0 saturated heterocycles. The molecule has 1 aliphatic rings. The van der Waals surface area contributed by atoms with Crippen LogP contribution in [0.15, 0.2) is 194 Å². The van der Waals surface area contributed by atoms with Gasteiger partial charge in [-0.15, -0.1) is 11.3 Å². The lowest BCUT2D eigenvalue weighted by atomic mass is 10.0. The summed E-state index contributed by atoms with van der Waals surface area (Å²) in [5.41, 5.74) is 9.10. The third-order valence-electron chi connectivity index (χ3n) is 11.3. The molecule has 0 bridgehead atoms. The predicted octanol–water partition coefficient (Wildman–Crippen LogP) is 10.00. The van der Waals surface area contributed by atoms with E-state index in [1.807, 2.05) is 23.5 Å². The fourth-order valence-electron chi connectivity index (χ4n) is 8.72. The van der Waals surface area contributed by atoms with Crippen molar-refractivity contribution in [1.82, 2.24) is 9.55 Å². The number of rotatable bonds is 6. The molecule has 0 atom stereocenters. The van der Waals surface area contributed by atoms with Gasteiger partial charge in [0, 0.05) is 25.7 Å². The van der Waals surface area contributed by atoms with Crippen molar-refractivity contribution in [2.75, 3.05) is 0 Å². The molecule has 0 fully saturated rings. The first-order chi connectivity index (χ1) is 27.2. The van der Waals surface area contributed by atoms with Gasteiger partial charge in [-0.25, -0.2) is 0 Å². The number of benzene rings is 8. The largest absolute Gasteiger partial charge is 0.459 e. The van der Waals surface area contributed by atoms with Crippen LogP contribution in [0.5, 0.6) is 6.01 Å². The lowest BCUT2D eigenvalue weighted by molar-refractivity contribution is 0.266. The summed E-state index contributed by atoms with van der Waals surface area (Å²) in [6.07, 6.45) is 0. The van der Waals surface area contributed by atoms with E-state index in [1.54, 1.807) is 0 Å². The van der Waals surface area contributed by atoms with Crippen LogP contribution in [0.1, 0.15) is 5.56 Å². The van der Waals surface area contributed by atoms with Gasteiger partial charge < -0.3 is 4.74 Å². The molecule has 260 valence electrons. The average molecular weight is 739 g/mol. The minimum atomic E-state index is -2.85. The first-order valence-electron chi connectivity index (χ1n) is 18.7. The van der Waals surface area contributed by atoms with Crippen LogP contribution < -0.4 is 25.5 Å². The summed E-state index contributed by atoms with van der Waals surface area (Å²) in [7, 11) is -2.85. The fraction of sp³-hybridized carbons (Fsp3) is 0.0200. The van der Waals surface area contributed by atoms with Gasteiger partial charge in [-0.05, 0) is 85.5 Å². The molecule has 10 aromatic rings. The summed E-state index contributed by atoms with van der Waals surface area (Å²) in [6, 6.07) is 72.4. The van der Waals surface area contributed by atoms with E-state index in [0.29, 0.717) is 12.6 Å². The van der Waals surface area contributed by atoms with Gasteiger partial charge >= 0.3 is 6.01 Å². The Hall–Kier alpha value is -6.53. The van der Waals surface area contributed by atoms with Crippen LogP contribution in [-0.4, -0.2) is 17.6 Å². The number of imidazole rings is 1. The molecule has 0 spiro atoms. The minimum absolute atomic E-state index is 0.485. The van der Waals surface area contributed by atoms with Crippen LogP contribution in [-0.2, 0) is 6.61 Å². The Balaban J connectivity index is 1.09. The third kappa shape index (κ3) is 5.12. The second kappa shape index (κ2) is 12.8. The normalized spacial score (nSPS) is 12.4. The van der Waals surface area contributed by atoms with E-state index in [9.17, 15) is 0 Å². The summed E-state index contributed by atoms with van der Waals surface area (Å²) in [6.45, 7) is 0.485. The maximum absolute atomic E-state index is 6.22. The molecule has 8 aromatic carbocycles. The van der Waals surface area contributed by atoms with Crippen molar-refractivity contribution in [3.8, 4) is 34.0 Å². The number of para-hydroxylation sites is 2. The zero-order valence-corrected chi connectivity index (χ0v) is 31.7. The molecule has 0 N–H and O–H groups in total. The van der Waals surface area contributed by atoms with E-state index in [2.05, 4.69) is 187 Å². The maximum atomic E-state index is 6.22. The molecule has 3 heterocycles. The number of nitrogens with zero attached hydrogens (tertiary/aromatic N) is 2. The molecular formula is C50H34N2OSSi. The van der Waals surface area contributed by atoms with Crippen molar-refractivity contribution in [3.05, 3.63) is 200 Å². The molecule has 0 amide bonds. The highest BCUT2D eigenvalue weighted by atomic mass is 32.1. The number of hydrogen-bond donors (Lipinski definition) is 0. The molecule has 2 aromatic heterocycles. The summed E-state index contributed by atoms with van der Waals surface area (Å²) < 4.78 is 11.0. The first-order valence-corrected chi connectivity index (χ1v) is 21.5. The standard InChI is InChI=1S/C50H34N2OSSi/c1-3-15-39(16-4-1)55(40-17-5-2-6-18-40,42-20-12-14-35(31-42)37-26-28-49-44(32-37)43-21-7-10-24-48(43)54-49)41-19-11-13-34(30-41)36-25-27-46-38(29-36)33-53-50-51-45-22-8-9-23-47(45)52(46)50/h1-32H,33H2. The van der Waals surface area contributed by atoms with Crippen molar-refractivity contribution >= 4 is 71.4 Å². The zero-order chi connectivity index (χ0) is 36.3. The Morgan fingerprint density at radius 2 is 1.05 bits per heavy atom. The molecule has 1 aliphatic heterocycles. The maximum Gasteiger partial charge on any atom is 0.302 e. The number of ether oxygens (including phenoxy) is 1. The summed E-state index contributed by atoms with van der Waals surface area (Å²) >= 11 is 1.87. The first kappa shape index (κ1) is 31.9. The Labute approximate surface area is 324 Å². The molecule has 11 rings (SSSR count). The molecule has 3 nitrogen and oxygen atoms in total. The van der Waals surface area contributed by atoms with E-state index >= 15 is 0 Å². The van der Waals surface area contributed by atoms with E-state index in [1.165, 1.54) is 63.2 Å². The van der Waals surface area contributed by atoms with Crippen molar-refractivity contribution in [2.24, 2.45) is 0 Å². The molecule has 0 radical (unpaired) electrons. The summed E-state index contributed by atoms with van der Waals surface area (Å²) in [4.78, 5) is 4.75. The smallest absolute Gasteiger partial charge is 0.302 e. The Kier molecular flexibility index (Phi) is 7.44. The lowest BCUT2D eigenvalue weighted by Crippen LogP contribution is -2.74. The van der Waals surface area contributed by atoms with Crippen molar-refractivity contribution in [1.29, 1.82) is 0 Å². The number of thiophene rings is 1. The van der Waals surface area contributed by atoms with Crippen molar-refractivity contribution in [2.45, 2.75) is 6.61 Å². The van der Waals surface area contributed by atoms with Crippen molar-refractivity contribution < 1.29 is 4.74 Å². The molecule has 0 aliphatic carbocycles. The summed E-state index contributed by atoms with van der Waals surface area (Å²) in [5.74, 6) is 0. The number of hydrogen-bond acceptors (Lipinski definition) is 3. The van der Waals surface area contributed by atoms with E-state index < -0.39 is 8.07 Å². The van der Waals surface area contributed by atoms with Crippen LogP contribution in [0.3, 0.4) is 0 Å². The predicted molar refractivity (Wildman–Crippen MR) is 233 cm³/mol. The van der Waals surface area contributed by atoms with E-state index in [0.717, 1.165) is 22.3 Å². The monoisotopic (exact) mass is 738 g/mol. The second-order valence-corrected chi connectivity index (χ2v) is 19.2. The highest BCUT2D eigenvalue weighted by Gasteiger charge is 2.41. The lowest BCUT2D eigenvalue weighted by Gasteiger charge is -2.35. The minimum Gasteiger partial charge on any atom is -0.459 e. The quantitative estimate of drug-likeness (QED) is 0.126. The van der Waals surface area contributed by atoms with Gasteiger partial charge in [0.2, 0.25) is 0 Å². The number of fused-ring (bicyclic) bond motifs is 8. The van der Waals surface area contributed by atoms with Crippen LogP contribution in [0.4, 0.5) is 0 Å². The molecule has 5 heteroatoms. The zero-order valence-electron chi connectivity index (χ0n) is 29.9. The highest BCUT2D eigenvalue weighted by Crippen LogP contribution is 2.37. The van der Waals surface area contributed by atoms with Gasteiger partial charge in [-0.1, -0.05) is 152 Å². The third-order valence-corrected chi connectivity index (χ3v) is 17.2. The van der Waals surface area contributed by atoms with E-state index in [4.69, 9.17) is 9.72 Å². The molecule has 0 unspecified atom stereocenters. The van der Waals surface area contributed by atoms with Crippen LogP contribution in [0.2, 0.25) is 0 Å². The Morgan fingerprint density at radius 3 is 1.80 bits per heavy atom. The van der Waals surface area contributed by atoms with Gasteiger partial charge in [-0.2, -0.15) is 4.98 Å². The van der Waals surface area contributed by atoms with Crippen molar-refractivity contribution in [3.63, 3.8) is 0 Å². The van der Waals surface area contributed by atoms with Gasteiger partial charge in [0.15, 0.2) is 8.07 Å². The van der Waals surface area contributed by atoms with Gasteiger partial charge in [0.25, 0.3) is 0 Å². The van der Waals surface area contributed by atoms with Gasteiger partial charge in [0.1, 0.15) is 6.61 Å². The Morgan fingerprint density at radius 1 is 0.473 bits per heavy atom. The highest BCUT2D eigenvalue weighted by molar-refractivity contribution is 7.25. The molecule has 0 saturated carbocycles. The van der Waals surface area contributed by atoms with Gasteiger partial charge in [0.05, 0.1) is 16.7 Å². The topological polar surface area (TPSA) is 27.1 Å². The molecule has 55 heavy (non-hydrogen) atoms. The van der Waals surface area contributed by atoms with Crippen LogP contribution in [0, 0.1) is 0 Å². The SMILES string of the molecule is c1ccc([Si](c2ccccc2)(c2cccc(-c3ccc4c(c3)COc3nc5ccccc5n3-4)c2)c2cccc(-c3ccc4sc5ccccc5c4c3)c2)cc1. The average Bonchev–Trinajstić information content (AvgIpc) is 3.83.